The molecule has 0 saturated heterocycles. The molecule has 0 unspecified atom stereocenters. The first kappa shape index (κ1) is 17.3. The second-order valence-electron chi connectivity index (χ2n) is 5.05. The summed E-state index contributed by atoms with van der Waals surface area (Å²) in [5, 5.41) is 21.4. The number of carbonyl (C=O) groups is 1. The lowest BCUT2D eigenvalue weighted by atomic mass is 10.1. The van der Waals surface area contributed by atoms with Gasteiger partial charge in [-0.1, -0.05) is 42.1 Å². The number of hydrogen-bond donors (Lipinski definition) is 2. The number of amides is 1. The van der Waals surface area contributed by atoms with Gasteiger partial charge in [-0.25, -0.2) is 4.98 Å². The van der Waals surface area contributed by atoms with E-state index < -0.39 is 0 Å². The summed E-state index contributed by atoms with van der Waals surface area (Å²) in [6, 6.07) is 14.9. The molecule has 0 fully saturated rings. The van der Waals surface area contributed by atoms with Crippen LogP contribution in [0.25, 0.3) is 0 Å². The number of pyridine rings is 1. The molecule has 24 heavy (non-hydrogen) atoms. The van der Waals surface area contributed by atoms with Crippen LogP contribution in [0.15, 0.2) is 41.4 Å². The monoisotopic (exact) mass is 338 g/mol. The van der Waals surface area contributed by atoms with E-state index in [4.69, 9.17) is 16.3 Å². The number of anilines is 1. The van der Waals surface area contributed by atoms with Crippen molar-refractivity contribution >= 4 is 23.5 Å². The Kier molecular flexibility index (Phi) is 5.78. The molecule has 2 rings (SSSR count). The number of carbonyl (C=O) groups excluding carboxylic acids is 1. The fraction of sp³-hybridized carbons (Fsp3) is 0.176. The average Bonchev–Trinajstić information content (AvgIpc) is 2.60. The minimum absolute atomic E-state index is 0.107. The van der Waals surface area contributed by atoms with E-state index >= 15 is 0 Å². The van der Waals surface area contributed by atoms with Gasteiger partial charge >= 0.3 is 0 Å². The number of nitrogens with zero attached hydrogens (tertiary/aromatic N) is 2. The van der Waals surface area contributed by atoms with Crippen molar-refractivity contribution in [2.24, 2.45) is 0 Å². The SMILES string of the molecule is C[C@H](NC(=O)CSc1[nH+]c(N)c(C#N)cc1C#N)c1ccccc1. The number of nitrogens with two attached hydrogens (primary N) is 1. The zero-order chi connectivity index (χ0) is 17.5. The summed E-state index contributed by atoms with van der Waals surface area (Å²) in [5.41, 5.74) is 7.23. The molecule has 0 bridgehead atoms. The molecule has 4 N–H and O–H groups in total. The topological polar surface area (TPSA) is 117 Å². The Labute approximate surface area is 144 Å². The van der Waals surface area contributed by atoms with Crippen molar-refractivity contribution in [2.75, 3.05) is 11.5 Å². The zero-order valence-electron chi connectivity index (χ0n) is 13.0. The maximum atomic E-state index is 12.1. The number of thioether (sulfide) groups is 1. The normalized spacial score (nSPS) is 11.1. The summed E-state index contributed by atoms with van der Waals surface area (Å²) in [6.07, 6.45) is 0. The molecule has 0 aliphatic carbocycles. The van der Waals surface area contributed by atoms with Gasteiger partial charge in [-0.05, 0) is 18.6 Å². The highest BCUT2D eigenvalue weighted by Gasteiger charge is 2.16. The van der Waals surface area contributed by atoms with Crippen molar-refractivity contribution in [3.8, 4) is 12.1 Å². The molecule has 1 atom stereocenters. The van der Waals surface area contributed by atoms with E-state index in [2.05, 4.69) is 10.3 Å². The van der Waals surface area contributed by atoms with E-state index in [1.165, 1.54) is 17.8 Å². The Morgan fingerprint density at radius 1 is 1.29 bits per heavy atom. The number of nitriles is 2. The van der Waals surface area contributed by atoms with E-state index in [0.717, 1.165) is 5.56 Å². The van der Waals surface area contributed by atoms with Gasteiger partial charge in [0, 0.05) is 0 Å². The molecule has 0 aliphatic rings. The van der Waals surface area contributed by atoms with Gasteiger partial charge in [0.05, 0.1) is 11.8 Å². The molecule has 1 heterocycles. The Morgan fingerprint density at radius 3 is 2.58 bits per heavy atom. The zero-order valence-corrected chi connectivity index (χ0v) is 13.9. The summed E-state index contributed by atoms with van der Waals surface area (Å²) in [4.78, 5) is 14.9. The molecule has 7 heteroatoms. The predicted molar refractivity (Wildman–Crippen MR) is 90.6 cm³/mol. The molecular formula is C17H16N5OS+. The fourth-order valence-electron chi connectivity index (χ4n) is 2.08. The Hall–Kier alpha value is -3.03. The predicted octanol–water partition coefficient (Wildman–Crippen LogP) is 1.80. The Morgan fingerprint density at radius 2 is 1.96 bits per heavy atom. The molecule has 0 saturated carbocycles. The lowest BCUT2D eigenvalue weighted by Crippen LogP contribution is -2.28. The molecular weight excluding hydrogens is 322 g/mol. The third kappa shape index (κ3) is 4.25. The number of rotatable bonds is 5. The minimum atomic E-state index is -0.156. The molecule has 6 nitrogen and oxygen atoms in total. The van der Waals surface area contributed by atoms with E-state index in [9.17, 15) is 4.79 Å². The first-order valence-corrected chi connectivity index (χ1v) is 8.16. The second-order valence-corrected chi connectivity index (χ2v) is 6.04. The lowest BCUT2D eigenvalue weighted by Gasteiger charge is -2.13. The van der Waals surface area contributed by atoms with Crippen molar-refractivity contribution in [3.05, 3.63) is 53.1 Å². The largest absolute Gasteiger partial charge is 0.349 e. The van der Waals surface area contributed by atoms with Gasteiger partial charge in [0.15, 0.2) is 5.03 Å². The van der Waals surface area contributed by atoms with Gasteiger partial charge in [0.2, 0.25) is 5.91 Å². The van der Waals surface area contributed by atoms with E-state index in [1.54, 1.807) is 0 Å². The van der Waals surface area contributed by atoms with Crippen molar-refractivity contribution in [1.82, 2.24) is 5.32 Å². The van der Waals surface area contributed by atoms with E-state index in [-0.39, 0.29) is 34.6 Å². The van der Waals surface area contributed by atoms with E-state index in [0.29, 0.717) is 5.03 Å². The summed E-state index contributed by atoms with van der Waals surface area (Å²) < 4.78 is 0. The number of benzene rings is 1. The van der Waals surface area contributed by atoms with Crippen LogP contribution in [0.5, 0.6) is 0 Å². The number of aromatic nitrogens is 1. The first-order chi connectivity index (χ1) is 11.5. The van der Waals surface area contributed by atoms with Crippen LogP contribution in [0.2, 0.25) is 0 Å². The third-order valence-corrected chi connectivity index (χ3v) is 4.35. The van der Waals surface area contributed by atoms with Crippen molar-refractivity contribution < 1.29 is 9.78 Å². The lowest BCUT2D eigenvalue weighted by molar-refractivity contribution is -0.410. The number of aromatic amines is 1. The van der Waals surface area contributed by atoms with Gasteiger partial charge in [-0.3, -0.25) is 10.5 Å². The summed E-state index contributed by atoms with van der Waals surface area (Å²) in [6.45, 7) is 1.91. The van der Waals surface area contributed by atoms with Crippen LogP contribution in [-0.2, 0) is 4.79 Å². The smallest absolute Gasteiger partial charge is 0.289 e. The van der Waals surface area contributed by atoms with Crippen molar-refractivity contribution in [3.63, 3.8) is 0 Å². The standard InChI is InChI=1S/C17H15N5OS/c1-11(12-5-3-2-4-6-12)21-15(23)10-24-17-14(9-19)7-13(8-18)16(20)22-17/h2-7,11H,10H2,1H3,(H2,20,22)(H,21,23)/p+1/t11-/m0/s1. The first-order valence-electron chi connectivity index (χ1n) is 7.18. The maximum Gasteiger partial charge on any atom is 0.289 e. The van der Waals surface area contributed by atoms with Crippen LogP contribution in [-0.4, -0.2) is 11.7 Å². The molecule has 0 aliphatic heterocycles. The van der Waals surface area contributed by atoms with Crippen LogP contribution >= 0.6 is 11.8 Å². The Bertz CT molecular complexity index is 823. The van der Waals surface area contributed by atoms with Crippen LogP contribution in [0.4, 0.5) is 5.82 Å². The molecule has 2 aromatic rings. The van der Waals surface area contributed by atoms with Crippen molar-refractivity contribution in [1.29, 1.82) is 10.5 Å². The van der Waals surface area contributed by atoms with Gasteiger partial charge in [0.1, 0.15) is 23.3 Å². The highest BCUT2D eigenvalue weighted by Crippen LogP contribution is 2.20. The van der Waals surface area contributed by atoms with Crippen LogP contribution < -0.4 is 16.0 Å². The molecule has 0 radical (unpaired) electrons. The van der Waals surface area contributed by atoms with Gasteiger partial charge < -0.3 is 5.32 Å². The fourth-order valence-corrected chi connectivity index (χ4v) is 2.88. The molecule has 120 valence electrons. The molecule has 1 aromatic carbocycles. The third-order valence-electron chi connectivity index (χ3n) is 3.34. The molecule has 1 aromatic heterocycles. The highest BCUT2D eigenvalue weighted by atomic mass is 32.2. The second kappa shape index (κ2) is 8.00. The summed E-state index contributed by atoms with van der Waals surface area (Å²) in [5.74, 6) is 0.155. The molecule has 1 amide bonds. The Balaban J connectivity index is 2.01. The molecule has 0 spiro atoms. The number of nitrogen functional groups attached to an aromatic ring is 1. The van der Waals surface area contributed by atoms with Gasteiger partial charge in [-0.15, -0.1) is 0 Å². The van der Waals surface area contributed by atoms with Crippen LogP contribution in [0, 0.1) is 22.7 Å². The highest BCUT2D eigenvalue weighted by molar-refractivity contribution is 7.99. The average molecular weight is 338 g/mol. The number of H-pyrrole nitrogens is 1. The van der Waals surface area contributed by atoms with Gasteiger partial charge in [-0.2, -0.15) is 10.5 Å². The van der Waals surface area contributed by atoms with Crippen LogP contribution in [0.1, 0.15) is 29.7 Å². The minimum Gasteiger partial charge on any atom is -0.349 e. The van der Waals surface area contributed by atoms with Gasteiger partial charge in [0.25, 0.3) is 5.82 Å². The number of nitrogens with one attached hydrogen (secondary N) is 2. The van der Waals surface area contributed by atoms with E-state index in [1.807, 2.05) is 49.4 Å². The van der Waals surface area contributed by atoms with Crippen molar-refractivity contribution in [2.45, 2.75) is 18.0 Å². The quantitative estimate of drug-likeness (QED) is 0.806. The van der Waals surface area contributed by atoms with Crippen LogP contribution in [0.3, 0.4) is 0 Å². The maximum absolute atomic E-state index is 12.1. The number of hydrogen-bond acceptors (Lipinski definition) is 5. The summed E-state index contributed by atoms with van der Waals surface area (Å²) in [7, 11) is 0. The summed E-state index contributed by atoms with van der Waals surface area (Å²) >= 11 is 1.17.